The summed E-state index contributed by atoms with van der Waals surface area (Å²) in [5.74, 6) is -0.935. The Morgan fingerprint density at radius 1 is 0.897 bits per heavy atom. The number of benzene rings is 3. The Morgan fingerprint density at radius 3 is 2.10 bits per heavy atom. The number of carbonyl (C=O) groups excluding carboxylic acids is 2. The minimum atomic E-state index is -3.99. The molecule has 0 aliphatic rings. The average molecular weight is 611 g/mol. The van der Waals surface area contributed by atoms with Crippen LogP contribution in [0.15, 0.2) is 66.7 Å². The number of carbonyl (C=O) groups is 2. The number of likely N-dealkylation sites (N-methyl/N-ethyl adjacent to an activating group) is 1. The van der Waals surface area contributed by atoms with Crippen molar-refractivity contribution in [2.75, 3.05) is 23.7 Å². The van der Waals surface area contributed by atoms with Gasteiger partial charge in [0.05, 0.1) is 27.0 Å². The van der Waals surface area contributed by atoms with E-state index in [0.717, 1.165) is 27.3 Å². The van der Waals surface area contributed by atoms with Crippen LogP contribution in [-0.2, 0) is 32.6 Å². The second kappa shape index (κ2) is 13.5. The third-order valence-corrected chi connectivity index (χ3v) is 8.18. The lowest BCUT2D eigenvalue weighted by Gasteiger charge is -2.33. The van der Waals surface area contributed by atoms with Crippen molar-refractivity contribution < 1.29 is 18.0 Å². The van der Waals surface area contributed by atoms with E-state index < -0.39 is 28.5 Å². The number of anilines is 1. The number of hydrogen-bond donors (Lipinski definition) is 1. The van der Waals surface area contributed by atoms with Gasteiger partial charge >= 0.3 is 0 Å². The molecule has 0 bridgehead atoms. The van der Waals surface area contributed by atoms with E-state index in [4.69, 9.17) is 34.8 Å². The highest BCUT2D eigenvalue weighted by atomic mass is 35.5. The maximum atomic E-state index is 14.0. The van der Waals surface area contributed by atoms with Gasteiger partial charge in [0.15, 0.2) is 0 Å². The van der Waals surface area contributed by atoms with Gasteiger partial charge in [-0.3, -0.25) is 13.9 Å². The van der Waals surface area contributed by atoms with Crippen molar-refractivity contribution in [3.8, 4) is 0 Å². The summed E-state index contributed by atoms with van der Waals surface area (Å²) in [7, 11) is -3.99. The van der Waals surface area contributed by atoms with Crippen LogP contribution in [0.1, 0.15) is 23.6 Å². The second-order valence-corrected chi connectivity index (χ2v) is 12.2. The van der Waals surface area contributed by atoms with E-state index in [0.29, 0.717) is 6.54 Å². The van der Waals surface area contributed by atoms with Gasteiger partial charge < -0.3 is 10.2 Å². The van der Waals surface area contributed by atoms with Gasteiger partial charge in [0.1, 0.15) is 12.6 Å². The zero-order valence-corrected chi connectivity index (χ0v) is 24.9. The summed E-state index contributed by atoms with van der Waals surface area (Å²) in [5.41, 5.74) is 2.69. The van der Waals surface area contributed by atoms with E-state index in [2.05, 4.69) is 5.32 Å². The predicted molar refractivity (Wildman–Crippen MR) is 158 cm³/mol. The number of sulfonamides is 1. The molecule has 208 valence electrons. The summed E-state index contributed by atoms with van der Waals surface area (Å²) in [6.07, 6.45) is 1.20. The van der Waals surface area contributed by atoms with E-state index in [9.17, 15) is 18.0 Å². The van der Waals surface area contributed by atoms with Crippen molar-refractivity contribution in [1.29, 1.82) is 0 Å². The summed E-state index contributed by atoms with van der Waals surface area (Å²) >= 11 is 18.5. The SMILES string of the molecule is CCNC(=O)[C@@H](Cc1ccccc1)N(Cc1ccc(C)cc1)C(=O)CN(c1cc(Cl)c(Cl)cc1Cl)S(C)(=O)=O. The van der Waals surface area contributed by atoms with Crippen LogP contribution in [-0.4, -0.2) is 50.5 Å². The molecule has 0 fully saturated rings. The van der Waals surface area contributed by atoms with Crippen molar-refractivity contribution in [3.63, 3.8) is 0 Å². The molecule has 11 heteroatoms. The maximum absolute atomic E-state index is 14.0. The highest BCUT2D eigenvalue weighted by Gasteiger charge is 2.33. The van der Waals surface area contributed by atoms with Crippen LogP contribution in [0.4, 0.5) is 5.69 Å². The number of nitrogens with zero attached hydrogens (tertiary/aromatic N) is 2. The van der Waals surface area contributed by atoms with Crippen LogP contribution in [0, 0.1) is 6.92 Å². The Hall–Kier alpha value is -2.78. The molecular formula is C28H30Cl3N3O4S. The number of halogens is 3. The lowest BCUT2D eigenvalue weighted by atomic mass is 10.0. The van der Waals surface area contributed by atoms with Crippen LogP contribution in [0.5, 0.6) is 0 Å². The zero-order chi connectivity index (χ0) is 28.7. The molecule has 0 radical (unpaired) electrons. The molecule has 0 aromatic heterocycles. The number of aryl methyl sites for hydroxylation is 1. The molecule has 0 aliphatic heterocycles. The second-order valence-electron chi connectivity index (χ2n) is 9.09. The highest BCUT2D eigenvalue weighted by molar-refractivity contribution is 7.92. The van der Waals surface area contributed by atoms with Gasteiger partial charge in [-0.15, -0.1) is 0 Å². The van der Waals surface area contributed by atoms with Gasteiger partial charge in [-0.25, -0.2) is 8.42 Å². The van der Waals surface area contributed by atoms with E-state index in [-0.39, 0.29) is 39.6 Å². The molecule has 2 amide bonds. The zero-order valence-electron chi connectivity index (χ0n) is 21.8. The minimum Gasteiger partial charge on any atom is -0.355 e. The van der Waals surface area contributed by atoms with E-state index in [1.807, 2.05) is 61.5 Å². The third-order valence-electron chi connectivity index (χ3n) is 6.03. The molecule has 7 nitrogen and oxygen atoms in total. The van der Waals surface area contributed by atoms with Crippen LogP contribution in [0.25, 0.3) is 0 Å². The predicted octanol–water partition coefficient (Wildman–Crippen LogP) is 5.50. The fourth-order valence-electron chi connectivity index (χ4n) is 4.03. The van der Waals surface area contributed by atoms with Crippen molar-refractivity contribution in [2.45, 2.75) is 32.9 Å². The Morgan fingerprint density at radius 2 is 1.51 bits per heavy atom. The lowest BCUT2D eigenvalue weighted by Crippen LogP contribution is -2.53. The van der Waals surface area contributed by atoms with Gasteiger partial charge in [-0.1, -0.05) is 95.0 Å². The Bertz CT molecular complexity index is 1420. The average Bonchev–Trinajstić information content (AvgIpc) is 2.88. The molecular weight excluding hydrogens is 581 g/mol. The van der Waals surface area contributed by atoms with Crippen molar-refractivity contribution >= 4 is 62.3 Å². The monoisotopic (exact) mass is 609 g/mol. The normalized spacial score (nSPS) is 12.1. The summed E-state index contributed by atoms with van der Waals surface area (Å²) in [5, 5.41) is 3.05. The molecule has 0 saturated carbocycles. The van der Waals surface area contributed by atoms with E-state index in [1.54, 1.807) is 6.92 Å². The van der Waals surface area contributed by atoms with Crippen LogP contribution in [0.3, 0.4) is 0 Å². The minimum absolute atomic E-state index is 0.00909. The Balaban J connectivity index is 2.07. The standard InChI is InChI=1S/C28H30Cl3N3O4S/c1-4-32-28(36)26(14-20-8-6-5-7-9-20)33(17-21-12-10-19(2)11-13-21)27(35)18-34(39(3,37)38)25-16-23(30)22(29)15-24(25)31/h5-13,15-16,26H,4,14,17-18H2,1-3H3,(H,32,36)/t26-/m1/s1. The van der Waals surface area contributed by atoms with Crippen LogP contribution >= 0.6 is 34.8 Å². The van der Waals surface area contributed by atoms with Gasteiger partial charge in [0.25, 0.3) is 0 Å². The van der Waals surface area contributed by atoms with Crippen molar-refractivity contribution in [2.24, 2.45) is 0 Å². The number of nitrogens with one attached hydrogen (secondary N) is 1. The Kier molecular flexibility index (Phi) is 10.7. The van der Waals surface area contributed by atoms with Gasteiger partial charge in [-0.2, -0.15) is 0 Å². The Labute approximate surface area is 244 Å². The van der Waals surface area contributed by atoms with Crippen LogP contribution < -0.4 is 9.62 Å². The molecule has 3 aromatic carbocycles. The highest BCUT2D eigenvalue weighted by Crippen LogP contribution is 2.35. The third kappa shape index (κ3) is 8.35. The first-order valence-electron chi connectivity index (χ1n) is 12.2. The topological polar surface area (TPSA) is 86.8 Å². The lowest BCUT2D eigenvalue weighted by molar-refractivity contribution is -0.140. The van der Waals surface area contributed by atoms with Crippen molar-refractivity contribution in [3.05, 3.63) is 98.5 Å². The molecule has 1 atom stereocenters. The summed E-state index contributed by atoms with van der Waals surface area (Å²) in [6, 6.07) is 18.6. The molecule has 39 heavy (non-hydrogen) atoms. The quantitative estimate of drug-likeness (QED) is 0.291. The summed E-state index contributed by atoms with van der Waals surface area (Å²) < 4.78 is 26.6. The largest absolute Gasteiger partial charge is 0.355 e. The molecule has 0 saturated heterocycles. The first-order valence-corrected chi connectivity index (χ1v) is 15.2. The fraction of sp³-hybridized carbons (Fsp3) is 0.286. The van der Waals surface area contributed by atoms with Gasteiger partial charge in [-0.05, 0) is 37.1 Å². The first-order chi connectivity index (χ1) is 18.4. The molecule has 0 heterocycles. The van der Waals surface area contributed by atoms with E-state index >= 15 is 0 Å². The fourth-order valence-corrected chi connectivity index (χ4v) is 5.58. The van der Waals surface area contributed by atoms with E-state index in [1.165, 1.54) is 17.0 Å². The molecule has 0 unspecified atom stereocenters. The van der Waals surface area contributed by atoms with Crippen LogP contribution in [0.2, 0.25) is 15.1 Å². The molecule has 3 aromatic rings. The summed E-state index contributed by atoms with van der Waals surface area (Å²) in [4.78, 5) is 28.7. The molecule has 0 spiro atoms. The number of rotatable bonds is 11. The smallest absolute Gasteiger partial charge is 0.244 e. The molecule has 0 aliphatic carbocycles. The van der Waals surface area contributed by atoms with Gasteiger partial charge in [0, 0.05) is 19.5 Å². The summed E-state index contributed by atoms with van der Waals surface area (Å²) in [6.45, 7) is 3.59. The van der Waals surface area contributed by atoms with Crippen molar-refractivity contribution in [1.82, 2.24) is 10.2 Å². The molecule has 1 N–H and O–H groups in total. The maximum Gasteiger partial charge on any atom is 0.244 e. The number of hydrogen-bond acceptors (Lipinski definition) is 4. The first kappa shape index (κ1) is 30.8. The van der Waals surface area contributed by atoms with Gasteiger partial charge in [0.2, 0.25) is 21.8 Å². The number of amides is 2. The molecule has 3 rings (SSSR count).